The third-order valence-electron chi connectivity index (χ3n) is 6.41. The maximum atomic E-state index is 12.8. The predicted molar refractivity (Wildman–Crippen MR) is 103 cm³/mol. The molecule has 2 amide bonds. The maximum Gasteiger partial charge on any atom is 0.242 e. The quantitative estimate of drug-likeness (QED) is 0.757. The summed E-state index contributed by atoms with van der Waals surface area (Å²) in [4.78, 5) is 23.9. The van der Waals surface area contributed by atoms with Gasteiger partial charge < -0.3 is 16.0 Å². The summed E-state index contributed by atoms with van der Waals surface area (Å²) in [6.45, 7) is 3.40. The molecule has 0 radical (unpaired) electrons. The van der Waals surface area contributed by atoms with Crippen LogP contribution in [0.5, 0.6) is 0 Å². The second-order valence-electron chi connectivity index (χ2n) is 8.81. The minimum Gasteiger partial charge on any atom is -0.374 e. The first-order valence-corrected chi connectivity index (χ1v) is 9.87. The second kappa shape index (κ2) is 6.60. The summed E-state index contributed by atoms with van der Waals surface area (Å²) < 4.78 is 0. The molecule has 1 aromatic carbocycles. The lowest BCUT2D eigenvalue weighted by atomic mass is 9.53. The molecular formula is C21H29N3O2. The van der Waals surface area contributed by atoms with Gasteiger partial charge in [-0.05, 0) is 87.5 Å². The van der Waals surface area contributed by atoms with E-state index >= 15 is 0 Å². The zero-order valence-electron chi connectivity index (χ0n) is 15.7. The molecule has 4 saturated carbocycles. The highest BCUT2D eigenvalue weighted by atomic mass is 16.2. The largest absolute Gasteiger partial charge is 0.374 e. The van der Waals surface area contributed by atoms with Crippen LogP contribution in [-0.4, -0.2) is 23.4 Å². The van der Waals surface area contributed by atoms with Crippen molar-refractivity contribution < 1.29 is 9.59 Å². The first-order chi connectivity index (χ1) is 12.4. The molecular weight excluding hydrogens is 326 g/mol. The zero-order valence-corrected chi connectivity index (χ0v) is 15.7. The minimum atomic E-state index is -0.283. The van der Waals surface area contributed by atoms with Crippen molar-refractivity contribution >= 4 is 23.2 Å². The number of rotatable bonds is 5. The molecule has 1 atom stereocenters. The number of anilines is 2. The van der Waals surface area contributed by atoms with Crippen LogP contribution in [0.3, 0.4) is 0 Å². The normalized spacial score (nSPS) is 32.8. The van der Waals surface area contributed by atoms with Crippen molar-refractivity contribution in [2.75, 3.05) is 10.6 Å². The van der Waals surface area contributed by atoms with Gasteiger partial charge in [0.05, 0.1) is 0 Å². The number of hydrogen-bond donors (Lipinski definition) is 3. The van der Waals surface area contributed by atoms with Crippen LogP contribution in [0.2, 0.25) is 0 Å². The van der Waals surface area contributed by atoms with E-state index in [-0.39, 0.29) is 23.4 Å². The molecule has 0 unspecified atom stereocenters. The number of carbonyl (C=O) groups excluding carboxylic acids is 2. The van der Waals surface area contributed by atoms with Crippen LogP contribution in [-0.2, 0) is 9.59 Å². The van der Waals surface area contributed by atoms with E-state index in [2.05, 4.69) is 16.0 Å². The Morgan fingerprint density at radius 1 is 0.962 bits per heavy atom. The van der Waals surface area contributed by atoms with Gasteiger partial charge in [-0.2, -0.15) is 0 Å². The first-order valence-electron chi connectivity index (χ1n) is 9.87. The van der Waals surface area contributed by atoms with Crippen molar-refractivity contribution in [3.63, 3.8) is 0 Å². The minimum absolute atomic E-state index is 0.0526. The second-order valence-corrected chi connectivity index (χ2v) is 8.81. The Labute approximate surface area is 155 Å². The van der Waals surface area contributed by atoms with E-state index in [0.29, 0.717) is 0 Å². The van der Waals surface area contributed by atoms with Crippen molar-refractivity contribution in [1.82, 2.24) is 5.32 Å². The summed E-state index contributed by atoms with van der Waals surface area (Å²) in [7, 11) is 0. The molecule has 4 fully saturated rings. The van der Waals surface area contributed by atoms with E-state index in [0.717, 1.165) is 29.1 Å². The summed E-state index contributed by atoms with van der Waals surface area (Å²) >= 11 is 0. The molecule has 5 heteroatoms. The molecule has 0 aromatic heterocycles. The molecule has 0 saturated heterocycles. The Balaban J connectivity index is 1.35. The highest BCUT2D eigenvalue weighted by Crippen LogP contribution is 2.55. The molecule has 0 heterocycles. The third-order valence-corrected chi connectivity index (χ3v) is 6.41. The predicted octanol–water partition coefficient (Wildman–Crippen LogP) is 3.53. The van der Waals surface area contributed by atoms with Crippen LogP contribution < -0.4 is 16.0 Å². The highest BCUT2D eigenvalue weighted by molar-refractivity contribution is 5.89. The molecule has 0 spiro atoms. The van der Waals surface area contributed by atoms with Crippen LogP contribution in [0.4, 0.5) is 11.4 Å². The number of benzene rings is 1. The van der Waals surface area contributed by atoms with Gasteiger partial charge in [-0.15, -0.1) is 0 Å². The number of carbonyl (C=O) groups is 2. The fourth-order valence-corrected chi connectivity index (χ4v) is 5.80. The Morgan fingerprint density at radius 2 is 1.46 bits per heavy atom. The van der Waals surface area contributed by atoms with E-state index in [1.807, 2.05) is 31.2 Å². The van der Waals surface area contributed by atoms with Gasteiger partial charge >= 0.3 is 0 Å². The van der Waals surface area contributed by atoms with Crippen LogP contribution in [0.15, 0.2) is 24.3 Å². The van der Waals surface area contributed by atoms with E-state index in [4.69, 9.17) is 0 Å². The Hall–Kier alpha value is -2.04. The lowest BCUT2D eigenvalue weighted by Crippen LogP contribution is -2.61. The van der Waals surface area contributed by atoms with E-state index in [1.54, 1.807) is 0 Å². The van der Waals surface area contributed by atoms with Crippen molar-refractivity contribution in [2.24, 2.45) is 17.8 Å². The van der Waals surface area contributed by atoms with Gasteiger partial charge in [0.25, 0.3) is 0 Å². The molecule has 4 bridgehead atoms. The van der Waals surface area contributed by atoms with Crippen molar-refractivity contribution in [2.45, 2.75) is 64.0 Å². The van der Waals surface area contributed by atoms with Gasteiger partial charge in [0.1, 0.15) is 6.04 Å². The van der Waals surface area contributed by atoms with Gasteiger partial charge in [0.2, 0.25) is 11.8 Å². The molecule has 3 N–H and O–H groups in total. The van der Waals surface area contributed by atoms with Crippen molar-refractivity contribution in [3.8, 4) is 0 Å². The number of hydrogen-bond acceptors (Lipinski definition) is 3. The number of nitrogens with one attached hydrogen (secondary N) is 3. The summed E-state index contributed by atoms with van der Waals surface area (Å²) in [5.74, 6) is 2.48. The van der Waals surface area contributed by atoms with Crippen LogP contribution >= 0.6 is 0 Å². The van der Waals surface area contributed by atoms with Crippen LogP contribution in [0, 0.1) is 17.8 Å². The van der Waals surface area contributed by atoms with Gasteiger partial charge in [-0.3, -0.25) is 9.59 Å². The topological polar surface area (TPSA) is 70.2 Å². The first kappa shape index (κ1) is 17.4. The average molecular weight is 355 g/mol. The molecule has 5 rings (SSSR count). The van der Waals surface area contributed by atoms with Gasteiger partial charge in [-0.25, -0.2) is 0 Å². The van der Waals surface area contributed by atoms with Crippen LogP contribution in [0.1, 0.15) is 52.4 Å². The molecule has 4 aliphatic carbocycles. The molecule has 1 aromatic rings. The lowest BCUT2D eigenvalue weighted by Gasteiger charge is -2.57. The smallest absolute Gasteiger partial charge is 0.242 e. The van der Waals surface area contributed by atoms with E-state index in [9.17, 15) is 9.59 Å². The number of amides is 2. The van der Waals surface area contributed by atoms with E-state index in [1.165, 1.54) is 45.4 Å². The Bertz CT molecular complexity index is 662. The highest BCUT2D eigenvalue weighted by Gasteiger charge is 2.51. The SMILES string of the molecule is CC(=O)Nc1ccc(N[C@H](C)C(=O)NC23CC4CC(CC(C4)C2)C3)cc1. The fraction of sp³-hybridized carbons (Fsp3) is 0.619. The average Bonchev–Trinajstić information content (AvgIpc) is 2.54. The fourth-order valence-electron chi connectivity index (χ4n) is 5.80. The molecule has 5 nitrogen and oxygen atoms in total. The molecule has 0 aliphatic heterocycles. The summed E-state index contributed by atoms with van der Waals surface area (Å²) in [6, 6.07) is 7.18. The standard InChI is InChI=1S/C21H29N3O2/c1-13(22-18-3-5-19(6-4-18)23-14(2)25)20(26)24-21-10-15-7-16(11-21)9-17(8-15)12-21/h3-6,13,15-17,22H,7-12H2,1-2H3,(H,23,25)(H,24,26)/t13-,15?,16?,17?,21?/m1/s1. The van der Waals surface area contributed by atoms with E-state index < -0.39 is 0 Å². The van der Waals surface area contributed by atoms with Crippen molar-refractivity contribution in [1.29, 1.82) is 0 Å². The summed E-state index contributed by atoms with van der Waals surface area (Å²) in [5.41, 5.74) is 1.69. The van der Waals surface area contributed by atoms with Gasteiger partial charge in [0, 0.05) is 23.8 Å². The third kappa shape index (κ3) is 3.57. The molecule has 26 heavy (non-hydrogen) atoms. The summed E-state index contributed by atoms with van der Waals surface area (Å²) in [5, 5.41) is 9.45. The Kier molecular flexibility index (Phi) is 4.41. The molecule has 4 aliphatic rings. The van der Waals surface area contributed by atoms with Gasteiger partial charge in [-0.1, -0.05) is 0 Å². The lowest BCUT2D eigenvalue weighted by molar-refractivity contribution is -0.127. The monoisotopic (exact) mass is 355 g/mol. The maximum absolute atomic E-state index is 12.8. The zero-order chi connectivity index (χ0) is 18.3. The van der Waals surface area contributed by atoms with Crippen molar-refractivity contribution in [3.05, 3.63) is 24.3 Å². The summed E-state index contributed by atoms with van der Waals surface area (Å²) in [6.07, 6.45) is 7.64. The Morgan fingerprint density at radius 3 is 1.96 bits per heavy atom. The molecule has 140 valence electrons. The van der Waals surface area contributed by atoms with Crippen LogP contribution in [0.25, 0.3) is 0 Å². The van der Waals surface area contributed by atoms with Gasteiger partial charge in [0.15, 0.2) is 0 Å².